The molecular formula is C8H17Cl3O2Si. The molecule has 0 aromatic heterocycles. The minimum absolute atomic E-state index is 0.0784. The van der Waals surface area contributed by atoms with E-state index in [1.165, 1.54) is 0 Å². The van der Waals surface area contributed by atoms with E-state index in [1.807, 2.05) is 13.1 Å². The summed E-state index contributed by atoms with van der Waals surface area (Å²) in [5.41, 5.74) is 0. The van der Waals surface area contributed by atoms with Crippen LogP contribution < -0.4 is 0 Å². The van der Waals surface area contributed by atoms with E-state index >= 15 is 0 Å². The normalized spacial score (nSPS) is 13.7. The second kappa shape index (κ2) is 5.92. The summed E-state index contributed by atoms with van der Waals surface area (Å²) in [5, 5.41) is 0. The van der Waals surface area contributed by atoms with Gasteiger partial charge in [-0.1, -0.05) is 48.7 Å². The van der Waals surface area contributed by atoms with Crippen LogP contribution in [0.15, 0.2) is 0 Å². The standard InChI is InChI=1S/C8H17Cl3O2Si/c1-7(2)5-12-14(3,4)13-6-8(9,10)11/h7H,5-6H2,1-4H3. The number of hydrogen-bond donors (Lipinski definition) is 0. The Morgan fingerprint density at radius 2 is 1.64 bits per heavy atom. The van der Waals surface area contributed by atoms with E-state index in [0.29, 0.717) is 12.5 Å². The first-order valence-electron chi connectivity index (χ1n) is 4.47. The van der Waals surface area contributed by atoms with Gasteiger partial charge in [-0.2, -0.15) is 0 Å². The molecule has 0 rings (SSSR count). The Balaban J connectivity index is 3.83. The zero-order valence-electron chi connectivity index (χ0n) is 8.94. The molecule has 0 saturated carbocycles. The van der Waals surface area contributed by atoms with Gasteiger partial charge in [-0.05, 0) is 19.0 Å². The maximum absolute atomic E-state index is 5.63. The highest BCUT2D eigenvalue weighted by atomic mass is 35.6. The van der Waals surface area contributed by atoms with Crippen LogP contribution in [0.5, 0.6) is 0 Å². The minimum atomic E-state index is -2.13. The highest BCUT2D eigenvalue weighted by Crippen LogP contribution is 2.27. The van der Waals surface area contributed by atoms with Gasteiger partial charge in [0, 0.05) is 6.61 Å². The lowest BCUT2D eigenvalue weighted by Gasteiger charge is -2.25. The molecule has 0 radical (unpaired) electrons. The van der Waals surface area contributed by atoms with Crippen LogP contribution in [0.4, 0.5) is 0 Å². The quantitative estimate of drug-likeness (QED) is 0.564. The van der Waals surface area contributed by atoms with Crippen molar-refractivity contribution in [1.82, 2.24) is 0 Å². The zero-order valence-corrected chi connectivity index (χ0v) is 12.2. The van der Waals surface area contributed by atoms with Crippen LogP contribution in [0.1, 0.15) is 13.8 Å². The van der Waals surface area contributed by atoms with Crippen LogP contribution in [0.25, 0.3) is 0 Å². The Kier molecular flexibility index (Phi) is 6.35. The molecule has 6 heteroatoms. The molecular weight excluding hydrogens is 263 g/mol. The summed E-state index contributed by atoms with van der Waals surface area (Å²) in [6.07, 6.45) is 0. The monoisotopic (exact) mass is 278 g/mol. The van der Waals surface area contributed by atoms with Crippen molar-refractivity contribution in [3.05, 3.63) is 0 Å². The lowest BCUT2D eigenvalue weighted by molar-refractivity contribution is 0.164. The number of halogens is 3. The minimum Gasteiger partial charge on any atom is -0.394 e. The summed E-state index contributed by atoms with van der Waals surface area (Å²) in [6, 6.07) is 0. The Bertz CT molecular complexity index is 168. The molecule has 0 N–H and O–H groups in total. The van der Waals surface area contributed by atoms with E-state index < -0.39 is 12.4 Å². The second-order valence-corrected chi connectivity index (χ2v) is 9.90. The first kappa shape index (κ1) is 15.0. The van der Waals surface area contributed by atoms with E-state index in [4.69, 9.17) is 43.7 Å². The van der Waals surface area contributed by atoms with E-state index in [-0.39, 0.29) is 6.61 Å². The van der Waals surface area contributed by atoms with Gasteiger partial charge in [-0.25, -0.2) is 0 Å². The third-order valence-electron chi connectivity index (χ3n) is 1.35. The molecule has 86 valence electrons. The average molecular weight is 280 g/mol. The Labute approximate surface area is 102 Å². The van der Waals surface area contributed by atoms with Gasteiger partial charge in [0.05, 0.1) is 6.61 Å². The first-order chi connectivity index (χ1) is 6.12. The molecule has 2 nitrogen and oxygen atoms in total. The summed E-state index contributed by atoms with van der Waals surface area (Å²) in [7, 11) is -2.13. The molecule has 0 aliphatic rings. The third-order valence-corrected chi connectivity index (χ3v) is 3.38. The van der Waals surface area contributed by atoms with Crippen molar-refractivity contribution in [2.75, 3.05) is 13.2 Å². The summed E-state index contributed by atoms with van der Waals surface area (Å²) in [6.45, 7) is 8.80. The fourth-order valence-corrected chi connectivity index (χ4v) is 2.48. The van der Waals surface area contributed by atoms with Crippen molar-refractivity contribution in [2.45, 2.75) is 30.7 Å². The number of hydrogen-bond acceptors (Lipinski definition) is 2. The van der Waals surface area contributed by atoms with Crippen molar-refractivity contribution in [2.24, 2.45) is 5.92 Å². The molecule has 0 fully saturated rings. The lowest BCUT2D eigenvalue weighted by atomic mass is 10.2. The molecule has 0 aromatic carbocycles. The van der Waals surface area contributed by atoms with Crippen LogP contribution in [0.3, 0.4) is 0 Å². The third kappa shape index (κ3) is 9.56. The maximum atomic E-state index is 5.63. The molecule has 0 spiro atoms. The predicted octanol–water partition coefficient (Wildman–Crippen LogP) is 3.75. The van der Waals surface area contributed by atoms with Crippen LogP contribution in [-0.2, 0) is 8.85 Å². The summed E-state index contributed by atoms with van der Waals surface area (Å²) in [5.74, 6) is 0.484. The fraction of sp³-hybridized carbons (Fsp3) is 1.00. The largest absolute Gasteiger partial charge is 0.394 e. The topological polar surface area (TPSA) is 18.5 Å². The molecule has 0 aliphatic carbocycles. The van der Waals surface area contributed by atoms with E-state index in [1.54, 1.807) is 0 Å². The SMILES string of the molecule is CC(C)CO[Si](C)(C)OCC(Cl)(Cl)Cl. The first-order valence-corrected chi connectivity index (χ1v) is 8.42. The van der Waals surface area contributed by atoms with Gasteiger partial charge in [-0.3, -0.25) is 0 Å². The van der Waals surface area contributed by atoms with Gasteiger partial charge in [0.25, 0.3) is 0 Å². The summed E-state index contributed by atoms with van der Waals surface area (Å²) in [4.78, 5) is 0. The average Bonchev–Trinajstić information content (AvgIpc) is 1.97. The van der Waals surface area contributed by atoms with E-state index in [0.717, 1.165) is 0 Å². The van der Waals surface area contributed by atoms with Gasteiger partial charge >= 0.3 is 8.56 Å². The van der Waals surface area contributed by atoms with Crippen molar-refractivity contribution in [3.63, 3.8) is 0 Å². The van der Waals surface area contributed by atoms with Crippen LogP contribution in [-0.4, -0.2) is 25.6 Å². The van der Waals surface area contributed by atoms with Gasteiger partial charge in [0.1, 0.15) is 0 Å². The number of rotatable bonds is 5. The van der Waals surface area contributed by atoms with Crippen molar-refractivity contribution >= 4 is 43.4 Å². The molecule has 0 heterocycles. The molecule has 14 heavy (non-hydrogen) atoms. The predicted molar refractivity (Wildman–Crippen MR) is 64.5 cm³/mol. The second-order valence-electron chi connectivity index (χ2n) is 4.01. The lowest BCUT2D eigenvalue weighted by Crippen LogP contribution is -2.38. The highest BCUT2D eigenvalue weighted by Gasteiger charge is 2.30. The Morgan fingerprint density at radius 3 is 2.00 bits per heavy atom. The smallest absolute Gasteiger partial charge is 0.331 e. The van der Waals surface area contributed by atoms with Gasteiger partial charge in [0.15, 0.2) is 0 Å². The molecule has 0 bridgehead atoms. The van der Waals surface area contributed by atoms with Crippen molar-refractivity contribution in [1.29, 1.82) is 0 Å². The molecule has 0 aromatic rings. The molecule has 0 saturated heterocycles. The maximum Gasteiger partial charge on any atom is 0.331 e. The van der Waals surface area contributed by atoms with Crippen LogP contribution >= 0.6 is 34.8 Å². The highest BCUT2D eigenvalue weighted by molar-refractivity contribution is 6.68. The van der Waals surface area contributed by atoms with Crippen molar-refractivity contribution < 1.29 is 8.85 Å². The van der Waals surface area contributed by atoms with E-state index in [2.05, 4.69) is 13.8 Å². The van der Waals surface area contributed by atoms with Gasteiger partial charge in [0.2, 0.25) is 3.79 Å². The Morgan fingerprint density at radius 1 is 1.14 bits per heavy atom. The van der Waals surface area contributed by atoms with Crippen LogP contribution in [0, 0.1) is 5.92 Å². The van der Waals surface area contributed by atoms with Crippen molar-refractivity contribution in [3.8, 4) is 0 Å². The molecule has 0 aliphatic heterocycles. The summed E-state index contributed by atoms with van der Waals surface area (Å²) < 4.78 is 9.74. The zero-order chi connectivity index (χ0) is 11.4. The Hall–Kier alpha value is 1.01. The molecule has 0 atom stereocenters. The molecule has 0 amide bonds. The fourth-order valence-electron chi connectivity index (χ4n) is 0.665. The van der Waals surface area contributed by atoms with Crippen LogP contribution in [0.2, 0.25) is 13.1 Å². The van der Waals surface area contributed by atoms with E-state index in [9.17, 15) is 0 Å². The van der Waals surface area contributed by atoms with Gasteiger partial charge in [-0.15, -0.1) is 0 Å². The van der Waals surface area contributed by atoms with Gasteiger partial charge < -0.3 is 8.85 Å². The number of alkyl halides is 3. The molecule has 0 unspecified atom stereocenters. The summed E-state index contributed by atoms with van der Waals surface area (Å²) >= 11 is 16.7.